The highest BCUT2D eigenvalue weighted by molar-refractivity contribution is 5.14. The highest BCUT2D eigenvalue weighted by Gasteiger charge is 2.30. The van der Waals surface area contributed by atoms with Gasteiger partial charge in [-0.1, -0.05) is 0 Å². The maximum absolute atomic E-state index is 13.3. The van der Waals surface area contributed by atoms with Gasteiger partial charge in [0.1, 0.15) is 17.7 Å². The molecule has 3 heterocycles. The van der Waals surface area contributed by atoms with E-state index in [4.69, 9.17) is 4.74 Å². The predicted octanol–water partition coefficient (Wildman–Crippen LogP) is 2.77. The largest absolute Gasteiger partial charge is 0.370 e. The van der Waals surface area contributed by atoms with Crippen LogP contribution in [0.5, 0.6) is 0 Å². The molecule has 0 saturated carbocycles. The Kier molecular flexibility index (Phi) is 5.03. The van der Waals surface area contributed by atoms with Crippen LogP contribution in [0.25, 0.3) is 0 Å². The normalized spacial score (nSPS) is 22.9. The molecule has 5 nitrogen and oxygen atoms in total. The van der Waals surface area contributed by atoms with E-state index in [9.17, 15) is 4.39 Å². The first-order chi connectivity index (χ1) is 11.1. The van der Waals surface area contributed by atoms with Crippen molar-refractivity contribution in [2.24, 2.45) is 13.0 Å². The molecule has 1 fully saturated rings. The van der Waals surface area contributed by atoms with Gasteiger partial charge in [-0.3, -0.25) is 4.98 Å². The number of hydrogen-bond acceptors (Lipinski definition) is 4. The first kappa shape index (κ1) is 16.1. The van der Waals surface area contributed by atoms with Gasteiger partial charge < -0.3 is 14.6 Å². The van der Waals surface area contributed by atoms with Crippen molar-refractivity contribution >= 4 is 0 Å². The van der Waals surface area contributed by atoms with Crippen molar-refractivity contribution in [1.82, 2.24) is 19.9 Å². The summed E-state index contributed by atoms with van der Waals surface area (Å²) < 4.78 is 21.3. The Morgan fingerprint density at radius 2 is 2.35 bits per heavy atom. The fraction of sp³-hybridized carbons (Fsp3) is 0.529. The maximum atomic E-state index is 13.3. The molecule has 3 rings (SSSR count). The standard InChI is InChI=1S/C17H23FN4O/c1-12(14-8-15(18)11-19-9-14)21-10-13-4-3-7-23-16(13)17-20-5-6-22(17)2/h5-6,8-9,11-13,16,21H,3-4,7,10H2,1-2H3/t12?,13-,16+/m0/s1. The minimum absolute atomic E-state index is 0.00841. The molecule has 2 aromatic rings. The smallest absolute Gasteiger partial charge is 0.141 e. The third-order valence-corrected chi connectivity index (χ3v) is 4.47. The highest BCUT2D eigenvalue weighted by atomic mass is 19.1. The molecule has 23 heavy (non-hydrogen) atoms. The van der Waals surface area contributed by atoms with E-state index in [-0.39, 0.29) is 18.0 Å². The average Bonchev–Trinajstić information content (AvgIpc) is 2.99. The Labute approximate surface area is 135 Å². The van der Waals surface area contributed by atoms with Gasteiger partial charge in [-0.05, 0) is 31.4 Å². The number of aromatic nitrogens is 3. The van der Waals surface area contributed by atoms with Crippen LogP contribution in [0.1, 0.15) is 43.3 Å². The molecule has 1 aliphatic heterocycles. The fourth-order valence-corrected chi connectivity index (χ4v) is 3.10. The van der Waals surface area contributed by atoms with E-state index in [0.29, 0.717) is 5.92 Å². The molecule has 1 aliphatic rings. The minimum atomic E-state index is -0.303. The molecule has 1 N–H and O–H groups in total. The summed E-state index contributed by atoms with van der Waals surface area (Å²) >= 11 is 0. The number of rotatable bonds is 5. The molecule has 2 aromatic heterocycles. The van der Waals surface area contributed by atoms with Gasteiger partial charge in [-0.2, -0.15) is 0 Å². The summed E-state index contributed by atoms with van der Waals surface area (Å²) in [5.41, 5.74) is 0.857. The van der Waals surface area contributed by atoms with E-state index in [0.717, 1.165) is 37.4 Å². The van der Waals surface area contributed by atoms with E-state index in [1.165, 1.54) is 12.3 Å². The van der Waals surface area contributed by atoms with Gasteiger partial charge in [-0.15, -0.1) is 0 Å². The van der Waals surface area contributed by atoms with Gasteiger partial charge in [-0.25, -0.2) is 9.37 Å². The highest BCUT2D eigenvalue weighted by Crippen LogP contribution is 2.32. The number of nitrogens with zero attached hydrogens (tertiary/aromatic N) is 3. The van der Waals surface area contributed by atoms with E-state index in [1.54, 1.807) is 12.4 Å². The molecule has 1 saturated heterocycles. The molecule has 124 valence electrons. The van der Waals surface area contributed by atoms with Gasteiger partial charge in [0.2, 0.25) is 0 Å². The molecule has 0 bridgehead atoms. The number of halogens is 1. The van der Waals surface area contributed by atoms with Gasteiger partial charge >= 0.3 is 0 Å². The second-order valence-electron chi connectivity index (χ2n) is 6.16. The molecule has 0 amide bonds. The lowest BCUT2D eigenvalue weighted by atomic mass is 9.93. The van der Waals surface area contributed by atoms with Crippen molar-refractivity contribution in [3.8, 4) is 0 Å². The van der Waals surface area contributed by atoms with Crippen LogP contribution in [0, 0.1) is 11.7 Å². The van der Waals surface area contributed by atoms with Gasteiger partial charge in [0.05, 0.1) is 6.20 Å². The monoisotopic (exact) mass is 318 g/mol. The lowest BCUT2D eigenvalue weighted by Gasteiger charge is -2.32. The molecule has 0 radical (unpaired) electrons. The summed E-state index contributed by atoms with van der Waals surface area (Å²) in [7, 11) is 1.99. The first-order valence-corrected chi connectivity index (χ1v) is 8.08. The van der Waals surface area contributed by atoms with Crippen LogP contribution < -0.4 is 5.32 Å². The Balaban J connectivity index is 1.64. The van der Waals surface area contributed by atoms with Crippen molar-refractivity contribution < 1.29 is 9.13 Å². The lowest BCUT2D eigenvalue weighted by Crippen LogP contribution is -2.34. The maximum Gasteiger partial charge on any atom is 0.141 e. The third-order valence-electron chi connectivity index (χ3n) is 4.47. The molecule has 6 heteroatoms. The number of aryl methyl sites for hydroxylation is 1. The van der Waals surface area contributed by atoms with Crippen LogP contribution in [0.3, 0.4) is 0 Å². The van der Waals surface area contributed by atoms with Gasteiger partial charge in [0.15, 0.2) is 0 Å². The minimum Gasteiger partial charge on any atom is -0.370 e. The van der Waals surface area contributed by atoms with Crippen LogP contribution >= 0.6 is 0 Å². The van der Waals surface area contributed by atoms with Gasteiger partial charge in [0, 0.05) is 50.7 Å². The molecule has 0 aromatic carbocycles. The number of hydrogen-bond donors (Lipinski definition) is 1. The summed E-state index contributed by atoms with van der Waals surface area (Å²) in [5.74, 6) is 1.02. The van der Waals surface area contributed by atoms with Crippen LogP contribution in [0.15, 0.2) is 30.9 Å². The molecule has 0 aliphatic carbocycles. The van der Waals surface area contributed by atoms with Crippen LogP contribution in [-0.2, 0) is 11.8 Å². The summed E-state index contributed by atoms with van der Waals surface area (Å²) in [6.07, 6.45) is 8.84. The third kappa shape index (κ3) is 3.76. The zero-order valence-corrected chi connectivity index (χ0v) is 13.6. The van der Waals surface area contributed by atoms with Crippen molar-refractivity contribution in [2.75, 3.05) is 13.2 Å². The van der Waals surface area contributed by atoms with Crippen molar-refractivity contribution in [1.29, 1.82) is 0 Å². The number of ether oxygens (including phenoxy) is 1. The first-order valence-electron chi connectivity index (χ1n) is 8.08. The molecule has 0 spiro atoms. The number of nitrogens with one attached hydrogen (secondary N) is 1. The van der Waals surface area contributed by atoms with Crippen LogP contribution in [-0.4, -0.2) is 27.7 Å². The Morgan fingerprint density at radius 1 is 1.48 bits per heavy atom. The topological polar surface area (TPSA) is 52.0 Å². The van der Waals surface area contributed by atoms with Gasteiger partial charge in [0.25, 0.3) is 0 Å². The van der Waals surface area contributed by atoms with Crippen molar-refractivity contribution in [3.05, 3.63) is 48.1 Å². The van der Waals surface area contributed by atoms with Crippen LogP contribution in [0.2, 0.25) is 0 Å². The van der Waals surface area contributed by atoms with E-state index < -0.39 is 0 Å². The summed E-state index contributed by atoms with van der Waals surface area (Å²) in [4.78, 5) is 8.35. The van der Waals surface area contributed by atoms with Crippen molar-refractivity contribution in [3.63, 3.8) is 0 Å². The second-order valence-corrected chi connectivity index (χ2v) is 6.16. The zero-order chi connectivity index (χ0) is 16.2. The number of pyridine rings is 1. The summed E-state index contributed by atoms with van der Waals surface area (Å²) in [6.45, 7) is 3.60. The Hall–Kier alpha value is -1.79. The fourth-order valence-electron chi connectivity index (χ4n) is 3.10. The summed E-state index contributed by atoms with van der Waals surface area (Å²) in [6, 6.07) is 1.57. The lowest BCUT2D eigenvalue weighted by molar-refractivity contribution is -0.0349. The van der Waals surface area contributed by atoms with E-state index in [1.807, 2.05) is 24.7 Å². The Bertz CT molecular complexity index is 645. The Morgan fingerprint density at radius 3 is 3.09 bits per heavy atom. The summed E-state index contributed by atoms with van der Waals surface area (Å²) in [5, 5.41) is 3.48. The van der Waals surface area contributed by atoms with E-state index in [2.05, 4.69) is 15.3 Å². The predicted molar refractivity (Wildman–Crippen MR) is 85.2 cm³/mol. The van der Waals surface area contributed by atoms with E-state index >= 15 is 0 Å². The number of imidazole rings is 1. The molecular weight excluding hydrogens is 295 g/mol. The molecular formula is C17H23FN4O. The van der Waals surface area contributed by atoms with Crippen molar-refractivity contribution in [2.45, 2.75) is 31.9 Å². The second kappa shape index (κ2) is 7.19. The van der Waals surface area contributed by atoms with Crippen LogP contribution in [0.4, 0.5) is 4.39 Å². The SMILES string of the molecule is CC(NC[C@@H]1CCCO[C@H]1c1nccn1C)c1cncc(F)c1. The molecule has 3 atom stereocenters. The zero-order valence-electron chi connectivity index (χ0n) is 13.6. The molecule has 1 unspecified atom stereocenters. The quantitative estimate of drug-likeness (QED) is 0.921. The average molecular weight is 318 g/mol.